The zero-order valence-electron chi connectivity index (χ0n) is 10.9. The molecule has 0 radical (unpaired) electrons. The highest BCUT2D eigenvalue weighted by Gasteiger charge is 2.38. The second kappa shape index (κ2) is 6.22. The van der Waals surface area contributed by atoms with Gasteiger partial charge in [0.1, 0.15) is 5.82 Å². The molecule has 0 heterocycles. The van der Waals surface area contributed by atoms with E-state index < -0.39 is 43.6 Å². The fourth-order valence-electron chi connectivity index (χ4n) is 1.34. The average Bonchev–Trinajstić information content (AvgIpc) is 2.35. The fourth-order valence-corrected chi connectivity index (χ4v) is 2.95. The first-order valence-electron chi connectivity index (χ1n) is 5.45. The Labute approximate surface area is 123 Å². The molecule has 0 aromatic heterocycles. The summed E-state index contributed by atoms with van der Waals surface area (Å²) < 4.78 is 76.5. The molecule has 1 N–H and O–H groups in total. The van der Waals surface area contributed by atoms with Gasteiger partial charge < -0.3 is 0 Å². The summed E-state index contributed by atoms with van der Waals surface area (Å²) in [6.45, 7) is 1.39. The molecule has 1 amide bonds. The number of hydrogen-bond acceptors (Lipinski definition) is 4. The van der Waals surface area contributed by atoms with Crippen LogP contribution in [0.2, 0.25) is 0 Å². The molecule has 0 spiro atoms. The van der Waals surface area contributed by atoms with Crippen molar-refractivity contribution in [2.24, 2.45) is 0 Å². The largest absolute Gasteiger partial charge is 0.417 e. The van der Waals surface area contributed by atoms with Crippen LogP contribution in [0.5, 0.6) is 0 Å². The molecule has 0 saturated heterocycles. The van der Waals surface area contributed by atoms with Gasteiger partial charge in [0.25, 0.3) is 10.0 Å². The van der Waals surface area contributed by atoms with Gasteiger partial charge in [-0.3, -0.25) is 4.79 Å². The Morgan fingerprint density at radius 1 is 1.33 bits per heavy atom. The Morgan fingerprint density at radius 3 is 2.38 bits per heavy atom. The summed E-state index contributed by atoms with van der Waals surface area (Å²) in [7, 11) is -4.74. The second-order valence-electron chi connectivity index (χ2n) is 3.99. The van der Waals surface area contributed by atoms with Crippen molar-refractivity contribution in [3.8, 4) is 0 Å². The third-order valence-corrected chi connectivity index (χ3v) is 4.82. The Hall–Kier alpha value is -1.29. The van der Waals surface area contributed by atoms with Gasteiger partial charge in [0.15, 0.2) is 0 Å². The van der Waals surface area contributed by atoms with E-state index in [9.17, 15) is 30.8 Å². The maximum Gasteiger partial charge on any atom is 0.417 e. The number of nitrogens with one attached hydrogen (secondary N) is 1. The third-order valence-electron chi connectivity index (χ3n) is 2.49. The Kier molecular flexibility index (Phi) is 5.26. The SMILES string of the molecule is CSC(C)C(=O)NS(=O)(=O)c1ccc(F)cc1C(F)(F)F. The lowest BCUT2D eigenvalue weighted by molar-refractivity contribution is -0.140. The number of thioether (sulfide) groups is 1. The van der Waals surface area contributed by atoms with E-state index in [4.69, 9.17) is 0 Å². The highest BCUT2D eigenvalue weighted by Crippen LogP contribution is 2.34. The Bertz CT molecular complexity index is 643. The minimum absolute atomic E-state index is 0.0665. The van der Waals surface area contributed by atoms with Crippen molar-refractivity contribution in [1.29, 1.82) is 0 Å². The molecule has 118 valence electrons. The lowest BCUT2D eigenvalue weighted by Crippen LogP contribution is -2.36. The second-order valence-corrected chi connectivity index (χ2v) is 6.82. The topological polar surface area (TPSA) is 63.2 Å². The van der Waals surface area contributed by atoms with Crippen molar-refractivity contribution < 1.29 is 30.8 Å². The average molecular weight is 345 g/mol. The molecule has 0 saturated carbocycles. The van der Waals surface area contributed by atoms with Crippen molar-refractivity contribution in [2.75, 3.05) is 6.26 Å². The van der Waals surface area contributed by atoms with Gasteiger partial charge in [-0.1, -0.05) is 0 Å². The number of halogens is 4. The maximum atomic E-state index is 12.9. The summed E-state index contributed by atoms with van der Waals surface area (Å²) in [5, 5.41) is -0.769. The van der Waals surface area contributed by atoms with Crippen molar-refractivity contribution in [2.45, 2.75) is 23.2 Å². The van der Waals surface area contributed by atoms with Crippen molar-refractivity contribution in [3.05, 3.63) is 29.6 Å². The molecule has 0 fully saturated rings. The number of hydrogen-bond donors (Lipinski definition) is 1. The van der Waals surface area contributed by atoms with Crippen LogP contribution < -0.4 is 4.72 Å². The number of rotatable bonds is 4. The van der Waals surface area contributed by atoms with Gasteiger partial charge in [-0.05, 0) is 31.4 Å². The molecule has 1 unspecified atom stereocenters. The summed E-state index contributed by atoms with van der Waals surface area (Å²) >= 11 is 1.02. The zero-order chi connectivity index (χ0) is 16.4. The van der Waals surface area contributed by atoms with Crippen LogP contribution in [0.3, 0.4) is 0 Å². The molecule has 0 aliphatic heterocycles. The molecule has 10 heteroatoms. The van der Waals surface area contributed by atoms with Crippen LogP contribution in [0.15, 0.2) is 23.1 Å². The van der Waals surface area contributed by atoms with Gasteiger partial charge >= 0.3 is 6.18 Å². The first-order chi connectivity index (χ1) is 9.49. The van der Waals surface area contributed by atoms with Crippen LogP contribution >= 0.6 is 11.8 Å². The van der Waals surface area contributed by atoms with E-state index in [2.05, 4.69) is 0 Å². The van der Waals surface area contributed by atoms with E-state index in [1.165, 1.54) is 13.2 Å². The van der Waals surface area contributed by atoms with Gasteiger partial charge in [-0.25, -0.2) is 17.5 Å². The first-order valence-corrected chi connectivity index (χ1v) is 8.22. The summed E-state index contributed by atoms with van der Waals surface area (Å²) in [4.78, 5) is 10.3. The minimum Gasteiger partial charge on any atom is -0.273 e. The van der Waals surface area contributed by atoms with E-state index in [1.54, 1.807) is 4.72 Å². The van der Waals surface area contributed by atoms with Crippen molar-refractivity contribution in [3.63, 3.8) is 0 Å². The highest BCUT2D eigenvalue weighted by atomic mass is 32.2. The third kappa shape index (κ3) is 4.34. The van der Waals surface area contributed by atoms with Crippen molar-refractivity contribution in [1.82, 2.24) is 4.72 Å². The summed E-state index contributed by atoms with van der Waals surface area (Å²) in [5.41, 5.74) is -1.67. The van der Waals surface area contributed by atoms with Crippen LogP contribution in [0, 0.1) is 5.82 Å². The first kappa shape index (κ1) is 17.8. The lowest BCUT2D eigenvalue weighted by Gasteiger charge is -2.15. The van der Waals surface area contributed by atoms with E-state index in [0.717, 1.165) is 11.8 Å². The number of benzene rings is 1. The highest BCUT2D eigenvalue weighted by molar-refractivity contribution is 8.00. The van der Waals surface area contributed by atoms with Crippen LogP contribution in [0.1, 0.15) is 12.5 Å². The predicted molar refractivity (Wildman–Crippen MR) is 69.7 cm³/mol. The number of carbonyl (C=O) groups excluding carboxylic acids is 1. The Balaban J connectivity index is 3.30. The van der Waals surface area contributed by atoms with Gasteiger partial charge in [-0.2, -0.15) is 24.9 Å². The normalized spacial score (nSPS) is 13.8. The number of alkyl halides is 3. The monoisotopic (exact) mass is 345 g/mol. The molecular weight excluding hydrogens is 334 g/mol. The van der Waals surface area contributed by atoms with E-state index >= 15 is 0 Å². The molecule has 0 bridgehead atoms. The Morgan fingerprint density at radius 2 is 1.90 bits per heavy atom. The van der Waals surface area contributed by atoms with E-state index in [0.29, 0.717) is 12.1 Å². The molecule has 1 aromatic rings. The quantitative estimate of drug-likeness (QED) is 0.851. The molecule has 1 atom stereocenters. The molecule has 21 heavy (non-hydrogen) atoms. The number of sulfonamides is 1. The van der Waals surface area contributed by atoms with Gasteiger partial charge in [0.05, 0.1) is 15.7 Å². The van der Waals surface area contributed by atoms with Gasteiger partial charge in [-0.15, -0.1) is 0 Å². The zero-order valence-corrected chi connectivity index (χ0v) is 12.5. The lowest BCUT2D eigenvalue weighted by atomic mass is 10.2. The van der Waals surface area contributed by atoms with Gasteiger partial charge in [0, 0.05) is 0 Å². The van der Waals surface area contributed by atoms with E-state index in [-0.39, 0.29) is 6.07 Å². The molecule has 0 aliphatic rings. The van der Waals surface area contributed by atoms with Gasteiger partial charge in [0.2, 0.25) is 5.91 Å². The molecule has 0 aliphatic carbocycles. The number of carbonyl (C=O) groups is 1. The van der Waals surface area contributed by atoms with Crippen LogP contribution in [-0.2, 0) is 21.0 Å². The summed E-state index contributed by atoms with van der Waals surface area (Å²) in [6, 6.07) is 1.11. The molecule has 1 rings (SSSR count). The summed E-state index contributed by atoms with van der Waals surface area (Å²) in [5.74, 6) is -2.19. The predicted octanol–water partition coefficient (Wildman–Crippen LogP) is 2.40. The standard InChI is InChI=1S/C11H11F4NO3S2/c1-6(20-2)10(17)16-21(18,19)9-4-3-7(12)5-8(9)11(13,14)15/h3-6H,1-2H3,(H,16,17). The molecule has 1 aromatic carbocycles. The molecule has 4 nitrogen and oxygen atoms in total. The van der Waals surface area contributed by atoms with Crippen LogP contribution in [0.4, 0.5) is 17.6 Å². The smallest absolute Gasteiger partial charge is 0.273 e. The number of amides is 1. The fraction of sp³-hybridized carbons (Fsp3) is 0.364. The van der Waals surface area contributed by atoms with E-state index in [1.807, 2.05) is 0 Å². The summed E-state index contributed by atoms with van der Waals surface area (Å²) in [6.07, 6.45) is -3.53. The van der Waals surface area contributed by atoms with Crippen LogP contribution in [-0.4, -0.2) is 25.8 Å². The molecular formula is C11H11F4NO3S2. The minimum atomic E-state index is -5.07. The van der Waals surface area contributed by atoms with Crippen molar-refractivity contribution >= 4 is 27.7 Å². The van der Waals surface area contributed by atoms with Crippen LogP contribution in [0.25, 0.3) is 0 Å². The maximum absolute atomic E-state index is 12.9.